The molecule has 0 spiro atoms. The molecule has 1 aromatic rings. The van der Waals surface area contributed by atoms with Crippen LogP contribution in [-0.2, 0) is 25.4 Å². The summed E-state index contributed by atoms with van der Waals surface area (Å²) in [5.74, 6) is 0.301. The summed E-state index contributed by atoms with van der Waals surface area (Å²) in [6.45, 7) is -2.85. The first-order chi connectivity index (χ1) is 8.47. The van der Waals surface area contributed by atoms with Gasteiger partial charge in [-0.05, 0) is 28.1 Å². The van der Waals surface area contributed by atoms with Crippen LogP contribution < -0.4 is 0 Å². The molecule has 0 atom stereocenters. The third-order valence-corrected chi connectivity index (χ3v) is 5.90. The molecule has 100 valence electrons. The molecule has 0 amide bonds. The van der Waals surface area contributed by atoms with Gasteiger partial charge in [-0.3, -0.25) is 0 Å². The Bertz CT molecular complexity index is 502. The quantitative estimate of drug-likeness (QED) is 0.511. The van der Waals surface area contributed by atoms with Crippen molar-refractivity contribution in [1.29, 1.82) is 0 Å². The molecule has 0 aliphatic rings. The zero-order chi connectivity index (χ0) is 13.8. The standard InChI is InChI=1S/C10H10BrCl2O3PS/c1-14-17(18,15-2)16-9(6-12)7-4-3-5-8(11)10(7)13/h3-6H,1-2H3/b9-6+. The first-order valence-corrected chi connectivity index (χ1v) is 8.79. The largest absolute Gasteiger partial charge is 0.422 e. The SMILES string of the molecule is COP(=S)(OC)O/C(=C/Cl)c1cccc(Br)c1Cl. The Balaban J connectivity index is 3.13. The Morgan fingerprint density at radius 2 is 2.00 bits per heavy atom. The Labute approximate surface area is 129 Å². The van der Waals surface area contributed by atoms with E-state index >= 15 is 0 Å². The molecule has 0 aromatic heterocycles. The number of hydrogen-bond acceptors (Lipinski definition) is 4. The van der Waals surface area contributed by atoms with Gasteiger partial charge in [0, 0.05) is 41.6 Å². The lowest BCUT2D eigenvalue weighted by molar-refractivity contribution is 0.262. The molecule has 18 heavy (non-hydrogen) atoms. The predicted octanol–water partition coefficient (Wildman–Crippen LogP) is 5.17. The van der Waals surface area contributed by atoms with Crippen LogP contribution in [0.1, 0.15) is 5.56 Å². The van der Waals surface area contributed by atoms with Crippen LogP contribution in [-0.4, -0.2) is 14.2 Å². The van der Waals surface area contributed by atoms with Crippen molar-refractivity contribution in [3.63, 3.8) is 0 Å². The lowest BCUT2D eigenvalue weighted by Gasteiger charge is -2.20. The molecular weight excluding hydrogens is 382 g/mol. The topological polar surface area (TPSA) is 27.7 Å². The smallest absolute Gasteiger partial charge is 0.380 e. The van der Waals surface area contributed by atoms with Gasteiger partial charge in [0.05, 0.1) is 5.02 Å². The van der Waals surface area contributed by atoms with Gasteiger partial charge in [0.25, 0.3) is 0 Å². The van der Waals surface area contributed by atoms with Crippen molar-refractivity contribution in [2.45, 2.75) is 0 Å². The van der Waals surface area contributed by atoms with Crippen molar-refractivity contribution >= 4 is 63.4 Å². The summed E-state index contributed by atoms with van der Waals surface area (Å²) < 4.78 is 16.3. The Kier molecular flexibility index (Phi) is 6.62. The van der Waals surface area contributed by atoms with E-state index in [2.05, 4.69) is 15.9 Å². The summed E-state index contributed by atoms with van der Waals surface area (Å²) in [7, 11) is 2.83. The van der Waals surface area contributed by atoms with Gasteiger partial charge in [-0.15, -0.1) is 0 Å². The molecule has 0 heterocycles. The van der Waals surface area contributed by atoms with Gasteiger partial charge in [-0.2, -0.15) is 0 Å². The number of benzene rings is 1. The second-order valence-corrected chi connectivity index (χ2v) is 7.58. The maximum Gasteiger partial charge on any atom is 0.380 e. The van der Waals surface area contributed by atoms with Crippen molar-refractivity contribution in [2.24, 2.45) is 0 Å². The highest BCUT2D eigenvalue weighted by Gasteiger charge is 2.22. The van der Waals surface area contributed by atoms with E-state index in [4.69, 9.17) is 48.6 Å². The number of halogens is 3. The van der Waals surface area contributed by atoms with E-state index in [0.717, 1.165) is 4.47 Å². The summed E-state index contributed by atoms with van der Waals surface area (Å²) >= 11 is 20.3. The van der Waals surface area contributed by atoms with Crippen LogP contribution in [0.3, 0.4) is 0 Å². The molecule has 0 aliphatic carbocycles. The third-order valence-electron chi connectivity index (χ3n) is 1.97. The molecule has 0 unspecified atom stereocenters. The summed E-state index contributed by atoms with van der Waals surface area (Å²) in [5.41, 5.74) is 1.84. The monoisotopic (exact) mass is 390 g/mol. The lowest BCUT2D eigenvalue weighted by atomic mass is 10.2. The highest BCUT2D eigenvalue weighted by molar-refractivity contribution is 9.10. The van der Waals surface area contributed by atoms with Crippen molar-refractivity contribution in [1.82, 2.24) is 0 Å². The van der Waals surface area contributed by atoms with E-state index in [9.17, 15) is 0 Å². The summed E-state index contributed by atoms with van der Waals surface area (Å²) in [6, 6.07) is 5.37. The Morgan fingerprint density at radius 3 is 2.50 bits per heavy atom. The minimum Gasteiger partial charge on any atom is -0.422 e. The highest BCUT2D eigenvalue weighted by atomic mass is 79.9. The predicted molar refractivity (Wildman–Crippen MR) is 82.4 cm³/mol. The fourth-order valence-electron chi connectivity index (χ4n) is 1.09. The average molecular weight is 392 g/mol. The Hall–Kier alpha value is 0.390. The van der Waals surface area contributed by atoms with Crippen LogP contribution in [0.25, 0.3) is 5.76 Å². The van der Waals surface area contributed by atoms with Gasteiger partial charge >= 0.3 is 6.72 Å². The molecule has 1 aromatic carbocycles. The zero-order valence-electron chi connectivity index (χ0n) is 9.52. The summed E-state index contributed by atoms with van der Waals surface area (Å²) in [5, 5.41) is 0.471. The maximum atomic E-state index is 6.15. The van der Waals surface area contributed by atoms with E-state index in [-0.39, 0.29) is 0 Å². The second kappa shape index (κ2) is 7.25. The molecule has 3 nitrogen and oxygen atoms in total. The van der Waals surface area contributed by atoms with Gasteiger partial charge < -0.3 is 13.6 Å². The molecule has 0 N–H and O–H groups in total. The zero-order valence-corrected chi connectivity index (χ0v) is 14.3. The maximum absolute atomic E-state index is 6.15. The van der Waals surface area contributed by atoms with Crippen LogP contribution in [0.2, 0.25) is 5.02 Å². The van der Waals surface area contributed by atoms with Crippen LogP contribution >= 0.6 is 45.9 Å². The minimum absolute atomic E-state index is 0.301. The molecule has 0 radical (unpaired) electrons. The van der Waals surface area contributed by atoms with E-state index in [1.54, 1.807) is 18.2 Å². The molecule has 0 fully saturated rings. The van der Waals surface area contributed by atoms with Crippen LogP contribution in [0.4, 0.5) is 0 Å². The normalized spacial score (nSPS) is 12.6. The molecule has 0 bridgehead atoms. The Morgan fingerprint density at radius 1 is 1.39 bits per heavy atom. The first kappa shape index (κ1) is 16.4. The van der Waals surface area contributed by atoms with Crippen molar-refractivity contribution in [3.8, 4) is 0 Å². The van der Waals surface area contributed by atoms with Crippen LogP contribution in [0.5, 0.6) is 0 Å². The molecular formula is C10H10BrCl2O3PS. The lowest BCUT2D eigenvalue weighted by Crippen LogP contribution is -1.96. The van der Waals surface area contributed by atoms with E-state index < -0.39 is 6.72 Å². The molecule has 1 rings (SSSR count). The molecule has 0 aliphatic heterocycles. The first-order valence-electron chi connectivity index (χ1n) is 4.63. The van der Waals surface area contributed by atoms with Crippen molar-refractivity contribution < 1.29 is 13.6 Å². The highest BCUT2D eigenvalue weighted by Crippen LogP contribution is 2.52. The fraction of sp³-hybridized carbons (Fsp3) is 0.200. The molecule has 0 saturated carbocycles. The molecule has 0 saturated heterocycles. The summed E-state index contributed by atoms with van der Waals surface area (Å²) in [6.07, 6.45) is 0. The number of rotatable bonds is 5. The van der Waals surface area contributed by atoms with Gasteiger partial charge in [-0.1, -0.05) is 29.3 Å². The van der Waals surface area contributed by atoms with Gasteiger partial charge in [-0.25, -0.2) is 0 Å². The van der Waals surface area contributed by atoms with Gasteiger partial charge in [0.1, 0.15) is 5.76 Å². The van der Waals surface area contributed by atoms with Gasteiger partial charge in [0.15, 0.2) is 0 Å². The van der Waals surface area contributed by atoms with E-state index in [1.807, 2.05) is 0 Å². The van der Waals surface area contributed by atoms with Crippen LogP contribution in [0, 0.1) is 0 Å². The average Bonchev–Trinajstić information content (AvgIpc) is 2.39. The van der Waals surface area contributed by atoms with Crippen molar-refractivity contribution in [3.05, 3.63) is 38.8 Å². The second-order valence-electron chi connectivity index (χ2n) is 2.98. The fourth-order valence-corrected chi connectivity index (χ4v) is 2.83. The van der Waals surface area contributed by atoms with Crippen LogP contribution in [0.15, 0.2) is 28.2 Å². The minimum atomic E-state index is -2.85. The third kappa shape index (κ3) is 3.94. The molecule has 8 heteroatoms. The van der Waals surface area contributed by atoms with Crippen molar-refractivity contribution in [2.75, 3.05) is 14.2 Å². The number of hydrogen-bond donors (Lipinski definition) is 0. The van der Waals surface area contributed by atoms with E-state index in [1.165, 1.54) is 19.8 Å². The summed E-state index contributed by atoms with van der Waals surface area (Å²) in [4.78, 5) is 0. The van der Waals surface area contributed by atoms with Gasteiger partial charge in [0.2, 0.25) is 0 Å². The van der Waals surface area contributed by atoms with E-state index in [0.29, 0.717) is 16.3 Å².